The molecule has 1 aliphatic rings. The van der Waals surface area contributed by atoms with E-state index in [1.54, 1.807) is 0 Å². The maximum atomic E-state index is 9.63. The first-order valence-electron chi connectivity index (χ1n) is 6.56. The van der Waals surface area contributed by atoms with Gasteiger partial charge in [-0.2, -0.15) is 0 Å². The quantitative estimate of drug-likeness (QED) is 0.879. The summed E-state index contributed by atoms with van der Waals surface area (Å²) in [5.74, 6) is 1.13. The number of aryl methyl sites for hydroxylation is 2. The van der Waals surface area contributed by atoms with Gasteiger partial charge in [0, 0.05) is 18.5 Å². The molecule has 0 fully saturated rings. The van der Waals surface area contributed by atoms with E-state index in [1.165, 1.54) is 18.4 Å². The number of benzene rings is 1. The van der Waals surface area contributed by atoms with Crippen LogP contribution in [0, 0.1) is 6.92 Å². The molecule has 3 heteroatoms. The SMILES string of the molecule is Cc1cccc(-c2nc3n(c2CO)CCCC3)c1. The Labute approximate surface area is 107 Å². The van der Waals surface area contributed by atoms with Crippen molar-refractivity contribution >= 4 is 0 Å². The first kappa shape index (κ1) is 11.5. The zero-order valence-electron chi connectivity index (χ0n) is 10.7. The molecule has 2 aromatic rings. The van der Waals surface area contributed by atoms with Crippen molar-refractivity contribution in [3.63, 3.8) is 0 Å². The summed E-state index contributed by atoms with van der Waals surface area (Å²) in [7, 11) is 0. The highest BCUT2D eigenvalue weighted by Crippen LogP contribution is 2.28. The average Bonchev–Trinajstić information content (AvgIpc) is 2.77. The van der Waals surface area contributed by atoms with Crippen molar-refractivity contribution in [2.75, 3.05) is 0 Å². The Balaban J connectivity index is 2.14. The highest BCUT2D eigenvalue weighted by Gasteiger charge is 2.19. The largest absolute Gasteiger partial charge is 0.390 e. The van der Waals surface area contributed by atoms with Crippen LogP contribution in [0.15, 0.2) is 24.3 Å². The van der Waals surface area contributed by atoms with E-state index in [9.17, 15) is 5.11 Å². The molecule has 0 atom stereocenters. The predicted molar refractivity (Wildman–Crippen MR) is 71.3 cm³/mol. The van der Waals surface area contributed by atoms with Crippen molar-refractivity contribution in [1.82, 2.24) is 9.55 Å². The third-order valence-corrected chi connectivity index (χ3v) is 3.62. The molecule has 0 amide bonds. The van der Waals surface area contributed by atoms with E-state index in [1.807, 2.05) is 6.07 Å². The molecule has 1 aliphatic heterocycles. The molecule has 18 heavy (non-hydrogen) atoms. The third-order valence-electron chi connectivity index (χ3n) is 3.62. The molecule has 0 saturated carbocycles. The summed E-state index contributed by atoms with van der Waals surface area (Å²) in [6, 6.07) is 8.33. The number of fused-ring (bicyclic) bond motifs is 1. The van der Waals surface area contributed by atoms with Crippen LogP contribution in [-0.2, 0) is 19.6 Å². The zero-order chi connectivity index (χ0) is 12.5. The molecule has 0 radical (unpaired) electrons. The Kier molecular flexibility index (Phi) is 2.92. The van der Waals surface area contributed by atoms with Crippen molar-refractivity contribution in [2.45, 2.75) is 39.3 Å². The molecular formula is C15H18N2O. The van der Waals surface area contributed by atoms with Crippen LogP contribution in [0.2, 0.25) is 0 Å². The van der Waals surface area contributed by atoms with Gasteiger partial charge in [0.05, 0.1) is 18.0 Å². The highest BCUT2D eigenvalue weighted by molar-refractivity contribution is 5.63. The Morgan fingerprint density at radius 2 is 2.22 bits per heavy atom. The molecule has 1 N–H and O–H groups in total. The normalized spacial score (nSPS) is 14.6. The van der Waals surface area contributed by atoms with Gasteiger partial charge in [-0.15, -0.1) is 0 Å². The van der Waals surface area contributed by atoms with Gasteiger partial charge in [0.15, 0.2) is 0 Å². The lowest BCUT2D eigenvalue weighted by molar-refractivity contribution is 0.268. The molecular weight excluding hydrogens is 224 g/mol. The van der Waals surface area contributed by atoms with Crippen LogP contribution >= 0.6 is 0 Å². The summed E-state index contributed by atoms with van der Waals surface area (Å²) in [4.78, 5) is 4.74. The fraction of sp³-hybridized carbons (Fsp3) is 0.400. The minimum atomic E-state index is 0.0657. The number of rotatable bonds is 2. The monoisotopic (exact) mass is 242 g/mol. The molecule has 0 spiro atoms. The second kappa shape index (κ2) is 4.58. The molecule has 0 bridgehead atoms. The fourth-order valence-corrected chi connectivity index (χ4v) is 2.73. The van der Waals surface area contributed by atoms with Gasteiger partial charge in [0.25, 0.3) is 0 Å². The van der Waals surface area contributed by atoms with Crippen LogP contribution in [0.1, 0.15) is 29.9 Å². The van der Waals surface area contributed by atoms with Crippen LogP contribution in [0.3, 0.4) is 0 Å². The molecule has 1 aromatic carbocycles. The number of nitrogens with zero attached hydrogens (tertiary/aromatic N) is 2. The highest BCUT2D eigenvalue weighted by atomic mass is 16.3. The zero-order valence-corrected chi connectivity index (χ0v) is 10.7. The van der Waals surface area contributed by atoms with E-state index in [4.69, 9.17) is 4.98 Å². The summed E-state index contributed by atoms with van der Waals surface area (Å²) < 4.78 is 2.20. The van der Waals surface area contributed by atoms with E-state index < -0.39 is 0 Å². The molecule has 0 unspecified atom stereocenters. The van der Waals surface area contributed by atoms with Gasteiger partial charge in [0.1, 0.15) is 5.82 Å². The van der Waals surface area contributed by atoms with Gasteiger partial charge in [-0.25, -0.2) is 4.98 Å². The summed E-state index contributed by atoms with van der Waals surface area (Å²) >= 11 is 0. The van der Waals surface area contributed by atoms with Crippen LogP contribution in [0.5, 0.6) is 0 Å². The second-order valence-electron chi connectivity index (χ2n) is 4.96. The molecule has 3 nitrogen and oxygen atoms in total. The molecule has 0 aliphatic carbocycles. The average molecular weight is 242 g/mol. The second-order valence-corrected chi connectivity index (χ2v) is 4.96. The van der Waals surface area contributed by atoms with Crippen molar-refractivity contribution < 1.29 is 5.11 Å². The summed E-state index contributed by atoms with van der Waals surface area (Å²) in [5.41, 5.74) is 4.26. The number of imidazole rings is 1. The molecule has 94 valence electrons. The van der Waals surface area contributed by atoms with E-state index in [0.717, 1.165) is 35.7 Å². The predicted octanol–water partition coefficient (Wildman–Crippen LogP) is 2.69. The Hall–Kier alpha value is -1.61. The lowest BCUT2D eigenvalue weighted by atomic mass is 10.1. The summed E-state index contributed by atoms with van der Waals surface area (Å²) in [5, 5.41) is 9.63. The van der Waals surface area contributed by atoms with E-state index >= 15 is 0 Å². The maximum Gasteiger partial charge on any atom is 0.109 e. The fourth-order valence-electron chi connectivity index (χ4n) is 2.73. The number of aliphatic hydroxyl groups is 1. The molecule has 2 heterocycles. The molecule has 1 aromatic heterocycles. The standard InChI is InChI=1S/C15H18N2O/c1-11-5-4-6-12(9-11)15-13(10-18)17-8-3-2-7-14(17)16-15/h4-6,9,18H,2-3,7-8,10H2,1H3. The van der Waals surface area contributed by atoms with Crippen LogP contribution in [-0.4, -0.2) is 14.7 Å². The summed E-state index contributed by atoms with van der Waals surface area (Å²) in [6.07, 6.45) is 3.41. The van der Waals surface area contributed by atoms with Crippen LogP contribution in [0.25, 0.3) is 11.3 Å². The topological polar surface area (TPSA) is 38.0 Å². The van der Waals surface area contributed by atoms with Crippen molar-refractivity contribution in [2.24, 2.45) is 0 Å². The Morgan fingerprint density at radius 3 is 3.00 bits per heavy atom. The third kappa shape index (κ3) is 1.85. The number of hydrogen-bond acceptors (Lipinski definition) is 2. The van der Waals surface area contributed by atoms with Gasteiger partial charge in [-0.3, -0.25) is 0 Å². The Morgan fingerprint density at radius 1 is 1.33 bits per heavy atom. The number of hydrogen-bond donors (Lipinski definition) is 1. The number of aromatic nitrogens is 2. The molecule has 0 saturated heterocycles. The van der Waals surface area contributed by atoms with Crippen molar-refractivity contribution in [3.05, 3.63) is 41.3 Å². The van der Waals surface area contributed by atoms with Gasteiger partial charge in [0.2, 0.25) is 0 Å². The first-order valence-corrected chi connectivity index (χ1v) is 6.56. The summed E-state index contributed by atoms with van der Waals surface area (Å²) in [6.45, 7) is 3.14. The molecule has 3 rings (SSSR count). The van der Waals surface area contributed by atoms with E-state index in [-0.39, 0.29) is 6.61 Å². The van der Waals surface area contributed by atoms with Gasteiger partial charge < -0.3 is 9.67 Å². The first-order chi connectivity index (χ1) is 8.79. The van der Waals surface area contributed by atoms with Gasteiger partial charge in [-0.1, -0.05) is 23.8 Å². The maximum absolute atomic E-state index is 9.63. The van der Waals surface area contributed by atoms with E-state index in [2.05, 4.69) is 29.7 Å². The minimum Gasteiger partial charge on any atom is -0.390 e. The van der Waals surface area contributed by atoms with E-state index in [0.29, 0.717) is 0 Å². The van der Waals surface area contributed by atoms with Gasteiger partial charge >= 0.3 is 0 Å². The van der Waals surface area contributed by atoms with Crippen LogP contribution in [0.4, 0.5) is 0 Å². The minimum absolute atomic E-state index is 0.0657. The smallest absolute Gasteiger partial charge is 0.109 e. The van der Waals surface area contributed by atoms with Crippen molar-refractivity contribution in [3.8, 4) is 11.3 Å². The number of aliphatic hydroxyl groups excluding tert-OH is 1. The van der Waals surface area contributed by atoms with Gasteiger partial charge in [-0.05, 0) is 25.8 Å². The Bertz CT molecular complexity index is 572. The van der Waals surface area contributed by atoms with Crippen molar-refractivity contribution in [1.29, 1.82) is 0 Å². The van der Waals surface area contributed by atoms with Crippen LogP contribution < -0.4 is 0 Å². The lowest BCUT2D eigenvalue weighted by Gasteiger charge is -2.15. The lowest BCUT2D eigenvalue weighted by Crippen LogP contribution is -2.12.